The Bertz CT molecular complexity index is 153. The minimum absolute atomic E-state index is 0.582. The molecule has 0 spiro atoms. The molecule has 1 unspecified atom stereocenters. The highest BCUT2D eigenvalue weighted by Gasteiger charge is 2.07. The molecular formula is C12H29N3O. The first-order chi connectivity index (χ1) is 7.57. The lowest BCUT2D eigenvalue weighted by Crippen LogP contribution is -2.39. The van der Waals surface area contributed by atoms with E-state index in [9.17, 15) is 0 Å². The molecule has 0 aliphatic carbocycles. The number of hydrogen-bond acceptors (Lipinski definition) is 4. The zero-order chi connectivity index (χ0) is 12.4. The van der Waals surface area contributed by atoms with Gasteiger partial charge in [-0.1, -0.05) is 0 Å². The van der Waals surface area contributed by atoms with Crippen molar-refractivity contribution in [1.82, 2.24) is 15.1 Å². The molecule has 0 aromatic carbocycles. The van der Waals surface area contributed by atoms with E-state index in [0.717, 1.165) is 32.8 Å². The van der Waals surface area contributed by atoms with Gasteiger partial charge in [0.1, 0.15) is 0 Å². The topological polar surface area (TPSA) is 27.7 Å². The van der Waals surface area contributed by atoms with Crippen LogP contribution in [-0.2, 0) is 4.74 Å². The summed E-state index contributed by atoms with van der Waals surface area (Å²) < 4.78 is 4.99. The minimum atomic E-state index is 0.582. The van der Waals surface area contributed by atoms with Crippen LogP contribution in [0, 0.1) is 0 Å². The van der Waals surface area contributed by atoms with Gasteiger partial charge in [0.2, 0.25) is 0 Å². The van der Waals surface area contributed by atoms with Crippen LogP contribution in [0.4, 0.5) is 0 Å². The largest absolute Gasteiger partial charge is 0.383 e. The highest BCUT2D eigenvalue weighted by molar-refractivity contribution is 4.66. The fraction of sp³-hybridized carbons (Fsp3) is 1.00. The van der Waals surface area contributed by atoms with Crippen molar-refractivity contribution < 1.29 is 4.74 Å². The van der Waals surface area contributed by atoms with Crippen LogP contribution in [-0.4, -0.2) is 76.9 Å². The monoisotopic (exact) mass is 231 g/mol. The molecule has 0 amide bonds. The van der Waals surface area contributed by atoms with E-state index in [-0.39, 0.29) is 0 Å². The van der Waals surface area contributed by atoms with Crippen LogP contribution >= 0.6 is 0 Å². The lowest BCUT2D eigenvalue weighted by molar-refractivity contribution is 0.191. The van der Waals surface area contributed by atoms with E-state index in [1.165, 1.54) is 6.42 Å². The Morgan fingerprint density at radius 1 is 1.19 bits per heavy atom. The molecule has 0 aliphatic heterocycles. The summed E-state index contributed by atoms with van der Waals surface area (Å²) in [6.45, 7) is 7.33. The van der Waals surface area contributed by atoms with Crippen molar-refractivity contribution in [3.63, 3.8) is 0 Å². The van der Waals surface area contributed by atoms with Gasteiger partial charge >= 0.3 is 0 Å². The molecule has 4 heteroatoms. The molecule has 16 heavy (non-hydrogen) atoms. The predicted molar refractivity (Wildman–Crippen MR) is 70.0 cm³/mol. The van der Waals surface area contributed by atoms with Crippen LogP contribution in [0.15, 0.2) is 0 Å². The van der Waals surface area contributed by atoms with Gasteiger partial charge in [-0.2, -0.15) is 0 Å². The maximum atomic E-state index is 4.99. The molecule has 0 rings (SSSR count). The maximum Gasteiger partial charge on any atom is 0.0587 e. The molecule has 98 valence electrons. The van der Waals surface area contributed by atoms with Gasteiger partial charge in [0.05, 0.1) is 6.61 Å². The predicted octanol–water partition coefficient (Wildman–Crippen LogP) is 0.494. The Hall–Kier alpha value is -0.160. The Morgan fingerprint density at radius 2 is 1.88 bits per heavy atom. The second kappa shape index (κ2) is 10.0. The summed E-state index contributed by atoms with van der Waals surface area (Å²) >= 11 is 0. The molecule has 0 radical (unpaired) electrons. The minimum Gasteiger partial charge on any atom is -0.383 e. The maximum absolute atomic E-state index is 4.99. The molecule has 4 nitrogen and oxygen atoms in total. The summed E-state index contributed by atoms with van der Waals surface area (Å²) in [5.74, 6) is 0. The molecular weight excluding hydrogens is 202 g/mol. The Morgan fingerprint density at radius 3 is 2.44 bits per heavy atom. The van der Waals surface area contributed by atoms with Crippen molar-refractivity contribution in [3.05, 3.63) is 0 Å². The molecule has 0 heterocycles. The third kappa shape index (κ3) is 9.09. The van der Waals surface area contributed by atoms with Crippen molar-refractivity contribution in [3.8, 4) is 0 Å². The van der Waals surface area contributed by atoms with Gasteiger partial charge < -0.3 is 19.9 Å². The van der Waals surface area contributed by atoms with E-state index in [0.29, 0.717) is 6.04 Å². The normalized spacial score (nSPS) is 13.7. The lowest BCUT2D eigenvalue weighted by atomic mass is 10.2. The smallest absolute Gasteiger partial charge is 0.0587 e. The van der Waals surface area contributed by atoms with E-state index in [2.05, 4.69) is 43.2 Å². The highest BCUT2D eigenvalue weighted by Crippen LogP contribution is 1.96. The number of likely N-dealkylation sites (N-methyl/N-ethyl adjacent to an activating group) is 1. The van der Waals surface area contributed by atoms with Crippen LogP contribution in [0.2, 0.25) is 0 Å². The van der Waals surface area contributed by atoms with Gasteiger partial charge in [0.25, 0.3) is 0 Å². The van der Waals surface area contributed by atoms with Crippen molar-refractivity contribution in [2.75, 3.05) is 61.0 Å². The number of rotatable bonds is 10. The molecule has 0 aliphatic rings. The summed E-state index contributed by atoms with van der Waals surface area (Å²) in [4.78, 5) is 4.64. The summed E-state index contributed by atoms with van der Waals surface area (Å²) in [6.07, 6.45) is 1.23. The van der Waals surface area contributed by atoms with Gasteiger partial charge in [-0.05, 0) is 47.6 Å². The van der Waals surface area contributed by atoms with Crippen molar-refractivity contribution >= 4 is 0 Å². The van der Waals surface area contributed by atoms with Crippen LogP contribution in [0.1, 0.15) is 13.3 Å². The molecule has 0 aromatic rings. The number of hydrogen-bond donors (Lipinski definition) is 1. The molecule has 0 fully saturated rings. The van der Waals surface area contributed by atoms with Gasteiger partial charge in [-0.3, -0.25) is 0 Å². The quantitative estimate of drug-likeness (QED) is 0.554. The fourth-order valence-corrected chi connectivity index (χ4v) is 1.50. The number of methoxy groups -OCH3 is 1. The SMILES string of the molecule is COCCNCC(C)N(C)CCCN(C)C. The zero-order valence-electron chi connectivity index (χ0n) is 11.6. The Balaban J connectivity index is 3.45. The van der Waals surface area contributed by atoms with Crippen molar-refractivity contribution in [2.45, 2.75) is 19.4 Å². The summed E-state index contributed by atoms with van der Waals surface area (Å²) in [5, 5.41) is 3.39. The van der Waals surface area contributed by atoms with E-state index in [1.807, 2.05) is 0 Å². The summed E-state index contributed by atoms with van der Waals surface area (Å²) in [6, 6.07) is 0.582. The molecule has 0 saturated heterocycles. The van der Waals surface area contributed by atoms with E-state index in [1.54, 1.807) is 7.11 Å². The first-order valence-corrected chi connectivity index (χ1v) is 6.12. The molecule has 0 aromatic heterocycles. The summed E-state index contributed by atoms with van der Waals surface area (Å²) in [5.41, 5.74) is 0. The second-order valence-electron chi connectivity index (χ2n) is 4.68. The molecule has 1 N–H and O–H groups in total. The zero-order valence-corrected chi connectivity index (χ0v) is 11.6. The number of ether oxygens (including phenoxy) is 1. The number of nitrogens with one attached hydrogen (secondary N) is 1. The van der Waals surface area contributed by atoms with Gasteiger partial charge in [-0.15, -0.1) is 0 Å². The first kappa shape index (κ1) is 15.8. The Kier molecular flexibility index (Phi) is 9.92. The van der Waals surface area contributed by atoms with Gasteiger partial charge in [0, 0.05) is 26.2 Å². The average Bonchev–Trinajstić information content (AvgIpc) is 2.23. The van der Waals surface area contributed by atoms with Crippen LogP contribution in [0.5, 0.6) is 0 Å². The first-order valence-electron chi connectivity index (χ1n) is 6.12. The van der Waals surface area contributed by atoms with Crippen LogP contribution in [0.3, 0.4) is 0 Å². The fourth-order valence-electron chi connectivity index (χ4n) is 1.50. The third-order valence-electron chi connectivity index (χ3n) is 2.79. The second-order valence-corrected chi connectivity index (χ2v) is 4.68. The van der Waals surface area contributed by atoms with E-state index >= 15 is 0 Å². The summed E-state index contributed by atoms with van der Waals surface area (Å²) in [7, 11) is 8.17. The van der Waals surface area contributed by atoms with Crippen molar-refractivity contribution in [2.24, 2.45) is 0 Å². The third-order valence-corrected chi connectivity index (χ3v) is 2.79. The van der Waals surface area contributed by atoms with Crippen LogP contribution in [0.25, 0.3) is 0 Å². The molecule has 0 bridgehead atoms. The van der Waals surface area contributed by atoms with E-state index in [4.69, 9.17) is 4.74 Å². The standard InChI is InChI=1S/C12H29N3O/c1-12(11-13-7-10-16-5)15(4)9-6-8-14(2)3/h12-13H,6-11H2,1-5H3. The van der Waals surface area contributed by atoms with Gasteiger partial charge in [-0.25, -0.2) is 0 Å². The van der Waals surface area contributed by atoms with Crippen molar-refractivity contribution in [1.29, 1.82) is 0 Å². The highest BCUT2D eigenvalue weighted by atomic mass is 16.5. The van der Waals surface area contributed by atoms with E-state index < -0.39 is 0 Å². The number of nitrogens with zero attached hydrogens (tertiary/aromatic N) is 2. The molecule has 1 atom stereocenters. The Labute approximate surface area is 101 Å². The molecule has 0 saturated carbocycles. The lowest BCUT2D eigenvalue weighted by Gasteiger charge is -2.25. The van der Waals surface area contributed by atoms with Crippen LogP contribution < -0.4 is 5.32 Å². The van der Waals surface area contributed by atoms with Gasteiger partial charge in [0.15, 0.2) is 0 Å². The average molecular weight is 231 g/mol.